The highest BCUT2D eigenvalue weighted by atomic mass is 16.2. The third-order valence-corrected chi connectivity index (χ3v) is 1.92. The van der Waals surface area contributed by atoms with Crippen LogP contribution >= 0.6 is 0 Å². The number of aromatic nitrogens is 4. The quantitative estimate of drug-likeness (QED) is 0.728. The van der Waals surface area contributed by atoms with Gasteiger partial charge >= 0.3 is 0 Å². The molecular formula is C9H9N5O2. The molecule has 0 aromatic carbocycles. The molecule has 2 aromatic rings. The fraction of sp³-hybridized carbons (Fsp3) is 0.111. The molecule has 0 spiro atoms. The Labute approximate surface area is 90.1 Å². The van der Waals surface area contributed by atoms with Gasteiger partial charge in [-0.3, -0.25) is 14.9 Å². The molecule has 0 aliphatic heterocycles. The summed E-state index contributed by atoms with van der Waals surface area (Å²) in [6.07, 6.45) is 3.10. The molecule has 0 radical (unpaired) electrons. The molecule has 7 nitrogen and oxygen atoms in total. The van der Waals surface area contributed by atoms with Crippen molar-refractivity contribution in [3.63, 3.8) is 0 Å². The van der Waals surface area contributed by atoms with Crippen LogP contribution in [-0.4, -0.2) is 25.7 Å². The zero-order valence-electron chi connectivity index (χ0n) is 8.47. The fourth-order valence-corrected chi connectivity index (χ4v) is 1.13. The minimum atomic E-state index is -0.425. The van der Waals surface area contributed by atoms with E-state index in [0.29, 0.717) is 5.95 Å². The van der Waals surface area contributed by atoms with E-state index in [1.807, 2.05) is 0 Å². The maximum Gasteiger partial charge on any atom is 0.278 e. The first-order chi connectivity index (χ1) is 7.66. The second-order valence-corrected chi connectivity index (χ2v) is 3.07. The number of anilines is 1. The van der Waals surface area contributed by atoms with Crippen LogP contribution < -0.4 is 10.9 Å². The smallest absolute Gasteiger partial charge is 0.278 e. The third-order valence-electron chi connectivity index (χ3n) is 1.92. The Morgan fingerprint density at radius 1 is 1.50 bits per heavy atom. The van der Waals surface area contributed by atoms with Crippen molar-refractivity contribution in [2.45, 2.75) is 0 Å². The van der Waals surface area contributed by atoms with E-state index < -0.39 is 5.91 Å². The van der Waals surface area contributed by atoms with Gasteiger partial charge in [0.25, 0.3) is 11.5 Å². The van der Waals surface area contributed by atoms with Crippen LogP contribution in [0.5, 0.6) is 0 Å². The first-order valence-electron chi connectivity index (χ1n) is 4.52. The highest BCUT2D eigenvalue weighted by Gasteiger charge is 2.09. The Bertz CT molecular complexity index is 558. The number of nitrogens with one attached hydrogen (secondary N) is 2. The molecule has 0 atom stereocenters. The molecule has 2 N–H and O–H groups in total. The van der Waals surface area contributed by atoms with E-state index in [4.69, 9.17) is 0 Å². The van der Waals surface area contributed by atoms with Crippen molar-refractivity contribution in [3.05, 3.63) is 40.6 Å². The highest BCUT2D eigenvalue weighted by Crippen LogP contribution is 1.99. The lowest BCUT2D eigenvalue weighted by atomic mass is 10.4. The number of amides is 1. The largest absolute Gasteiger partial charge is 0.331 e. The van der Waals surface area contributed by atoms with Crippen molar-refractivity contribution < 1.29 is 4.79 Å². The van der Waals surface area contributed by atoms with E-state index in [0.717, 1.165) is 4.68 Å². The van der Waals surface area contributed by atoms with Gasteiger partial charge in [0, 0.05) is 25.5 Å². The molecule has 0 aliphatic carbocycles. The van der Waals surface area contributed by atoms with Crippen LogP contribution in [0.15, 0.2) is 29.3 Å². The summed E-state index contributed by atoms with van der Waals surface area (Å²) >= 11 is 0. The van der Waals surface area contributed by atoms with Crippen molar-refractivity contribution in [2.75, 3.05) is 5.32 Å². The molecule has 0 saturated carbocycles. The van der Waals surface area contributed by atoms with E-state index in [-0.39, 0.29) is 11.3 Å². The number of H-pyrrole nitrogens is 1. The van der Waals surface area contributed by atoms with Crippen LogP contribution in [0.3, 0.4) is 0 Å². The molecule has 82 valence electrons. The Morgan fingerprint density at radius 3 is 2.94 bits per heavy atom. The second kappa shape index (κ2) is 3.97. The van der Waals surface area contributed by atoms with E-state index >= 15 is 0 Å². The Balaban J connectivity index is 2.21. The van der Waals surface area contributed by atoms with Gasteiger partial charge in [-0.1, -0.05) is 0 Å². The average molecular weight is 219 g/mol. The number of aryl methyl sites for hydroxylation is 1. The lowest BCUT2D eigenvalue weighted by molar-refractivity contribution is 0.101. The normalized spacial score (nSPS) is 10.1. The zero-order chi connectivity index (χ0) is 11.5. The average Bonchev–Trinajstić information content (AvgIpc) is 2.74. The van der Waals surface area contributed by atoms with Crippen LogP contribution in [0.1, 0.15) is 10.5 Å². The summed E-state index contributed by atoms with van der Waals surface area (Å²) in [5.41, 5.74) is -0.118. The number of nitrogens with zero attached hydrogens (tertiary/aromatic N) is 3. The summed E-state index contributed by atoms with van der Waals surface area (Å²) in [6.45, 7) is 0. The molecule has 16 heavy (non-hydrogen) atoms. The van der Waals surface area contributed by atoms with Crippen molar-refractivity contribution in [3.8, 4) is 0 Å². The van der Waals surface area contributed by atoms with Crippen molar-refractivity contribution >= 4 is 11.9 Å². The van der Waals surface area contributed by atoms with Gasteiger partial charge in [0.2, 0.25) is 5.95 Å². The lowest BCUT2D eigenvalue weighted by Crippen LogP contribution is -2.23. The lowest BCUT2D eigenvalue weighted by Gasteiger charge is -2.02. The first-order valence-corrected chi connectivity index (χ1v) is 4.52. The zero-order valence-corrected chi connectivity index (χ0v) is 8.47. The van der Waals surface area contributed by atoms with Crippen LogP contribution in [0.4, 0.5) is 5.95 Å². The number of hydrogen-bond acceptors (Lipinski definition) is 4. The van der Waals surface area contributed by atoms with E-state index in [2.05, 4.69) is 20.4 Å². The van der Waals surface area contributed by atoms with Gasteiger partial charge in [0.15, 0.2) is 0 Å². The van der Waals surface area contributed by atoms with Gasteiger partial charge < -0.3 is 4.98 Å². The summed E-state index contributed by atoms with van der Waals surface area (Å²) < 4.78 is 1.09. The van der Waals surface area contributed by atoms with Crippen LogP contribution in [0, 0.1) is 0 Å². The third kappa shape index (κ3) is 1.97. The Hall–Kier alpha value is -2.44. The first kappa shape index (κ1) is 10.1. The minimum Gasteiger partial charge on any atom is -0.331 e. The summed E-state index contributed by atoms with van der Waals surface area (Å²) in [5, 5.41) is 6.31. The van der Waals surface area contributed by atoms with E-state index in [9.17, 15) is 9.59 Å². The molecule has 0 unspecified atom stereocenters. The van der Waals surface area contributed by atoms with Crippen LogP contribution in [0.25, 0.3) is 0 Å². The number of carbonyl (C=O) groups excluding carboxylic acids is 1. The molecule has 0 aliphatic rings. The van der Waals surface area contributed by atoms with Gasteiger partial charge in [-0.15, -0.1) is 0 Å². The predicted molar refractivity (Wildman–Crippen MR) is 56.0 cm³/mol. The molecule has 2 aromatic heterocycles. The molecule has 0 bridgehead atoms. The number of aromatic amines is 1. The molecular weight excluding hydrogens is 210 g/mol. The number of carbonyl (C=O) groups is 1. The van der Waals surface area contributed by atoms with Crippen molar-refractivity contribution in [2.24, 2.45) is 7.05 Å². The predicted octanol–water partition coefficient (Wildman–Crippen LogP) is -0.244. The molecule has 1 amide bonds. The summed E-state index contributed by atoms with van der Waals surface area (Å²) in [5.74, 6) is -0.0915. The van der Waals surface area contributed by atoms with Gasteiger partial charge in [0.05, 0.1) is 0 Å². The highest BCUT2D eigenvalue weighted by molar-refractivity contribution is 6.01. The molecule has 7 heteroatoms. The van der Waals surface area contributed by atoms with Crippen molar-refractivity contribution in [1.29, 1.82) is 0 Å². The molecule has 0 saturated heterocycles. The van der Waals surface area contributed by atoms with Gasteiger partial charge in [-0.2, -0.15) is 5.10 Å². The standard InChI is InChI=1S/C9H9N5O2/c1-14-7(15)3-2-6(13-14)8(16)12-9-10-4-5-11-9/h2-5H,1H3,(H2,10,11,12,16). The number of imidazole rings is 1. The Kier molecular flexibility index (Phi) is 2.50. The van der Waals surface area contributed by atoms with Gasteiger partial charge in [-0.05, 0) is 6.07 Å². The Morgan fingerprint density at radius 2 is 2.31 bits per heavy atom. The van der Waals surface area contributed by atoms with Gasteiger partial charge in [-0.25, -0.2) is 9.67 Å². The molecule has 0 fully saturated rings. The number of hydrogen-bond donors (Lipinski definition) is 2. The van der Waals surface area contributed by atoms with Crippen LogP contribution in [-0.2, 0) is 7.05 Å². The molecule has 2 heterocycles. The topological polar surface area (TPSA) is 92.7 Å². The summed E-state index contributed by atoms with van der Waals surface area (Å²) in [6, 6.07) is 2.64. The maximum atomic E-state index is 11.6. The SMILES string of the molecule is Cn1nc(C(=O)Nc2ncc[nH]2)ccc1=O. The van der Waals surface area contributed by atoms with Gasteiger partial charge in [0.1, 0.15) is 5.69 Å². The number of rotatable bonds is 2. The minimum absolute atomic E-state index is 0.151. The van der Waals surface area contributed by atoms with Crippen LogP contribution in [0.2, 0.25) is 0 Å². The van der Waals surface area contributed by atoms with E-state index in [1.54, 1.807) is 6.20 Å². The second-order valence-electron chi connectivity index (χ2n) is 3.07. The molecule has 2 rings (SSSR count). The van der Waals surface area contributed by atoms with E-state index in [1.165, 1.54) is 25.4 Å². The summed E-state index contributed by atoms with van der Waals surface area (Å²) in [7, 11) is 1.48. The summed E-state index contributed by atoms with van der Waals surface area (Å²) in [4.78, 5) is 29.2. The fourth-order valence-electron chi connectivity index (χ4n) is 1.13. The monoisotopic (exact) mass is 219 g/mol. The van der Waals surface area contributed by atoms with Crippen molar-refractivity contribution in [1.82, 2.24) is 19.7 Å². The maximum absolute atomic E-state index is 11.6.